The van der Waals surface area contributed by atoms with Gasteiger partial charge in [0.15, 0.2) is 0 Å². The van der Waals surface area contributed by atoms with Crippen LogP contribution in [0.4, 0.5) is 4.39 Å². The van der Waals surface area contributed by atoms with Crippen molar-refractivity contribution in [2.45, 2.75) is 36.9 Å². The zero-order valence-electron chi connectivity index (χ0n) is 16.6. The molecule has 160 valence electrons. The summed E-state index contributed by atoms with van der Waals surface area (Å²) in [5.74, 6) is -7.89. The molecule has 5 rings (SSSR count). The van der Waals surface area contributed by atoms with Crippen LogP contribution in [0.5, 0.6) is 0 Å². The third-order valence-corrected chi connectivity index (χ3v) is 6.41. The Hall–Kier alpha value is -3.07. The van der Waals surface area contributed by atoms with E-state index in [2.05, 4.69) is 0 Å². The van der Waals surface area contributed by atoms with Crippen molar-refractivity contribution in [1.82, 2.24) is 4.90 Å². The zero-order chi connectivity index (χ0) is 22.2. The highest BCUT2D eigenvalue weighted by Gasteiger charge is 2.84. The number of aliphatic hydroxyl groups is 3. The molecule has 2 atom stereocenters. The lowest BCUT2D eigenvalue weighted by Crippen LogP contribution is -2.66. The predicted molar refractivity (Wildman–Crippen MR) is 105 cm³/mol. The average molecular weight is 425 g/mol. The van der Waals surface area contributed by atoms with E-state index in [0.717, 1.165) is 17.0 Å². The van der Waals surface area contributed by atoms with Crippen molar-refractivity contribution >= 4 is 17.4 Å². The fourth-order valence-electron chi connectivity index (χ4n) is 5.09. The van der Waals surface area contributed by atoms with Gasteiger partial charge in [0.25, 0.3) is 17.5 Å². The maximum atomic E-state index is 13.5. The second-order valence-electron chi connectivity index (χ2n) is 8.02. The zero-order valence-corrected chi connectivity index (χ0v) is 16.6. The van der Waals surface area contributed by atoms with E-state index < -0.39 is 34.6 Å². The Bertz CT molecular complexity index is 1160. The molecule has 2 aliphatic heterocycles. The summed E-state index contributed by atoms with van der Waals surface area (Å²) in [5.41, 5.74) is -2.43. The van der Waals surface area contributed by atoms with E-state index in [1.54, 1.807) is 12.1 Å². The summed E-state index contributed by atoms with van der Waals surface area (Å²) in [6.07, 6.45) is 1.12. The molecule has 7 nitrogen and oxygen atoms in total. The molecule has 0 saturated carbocycles. The molecule has 8 heteroatoms. The van der Waals surface area contributed by atoms with Crippen molar-refractivity contribution in [1.29, 1.82) is 0 Å². The molecule has 3 aliphatic rings. The Morgan fingerprint density at radius 1 is 1.00 bits per heavy atom. The Balaban J connectivity index is 1.86. The van der Waals surface area contributed by atoms with Gasteiger partial charge in [0.1, 0.15) is 11.6 Å². The van der Waals surface area contributed by atoms with Crippen molar-refractivity contribution in [2.75, 3.05) is 6.54 Å². The minimum Gasteiger partial charge on any atom is -0.454 e. The Labute approximate surface area is 177 Å². The van der Waals surface area contributed by atoms with Crippen molar-refractivity contribution < 1.29 is 34.0 Å². The number of likely N-dealkylation sites (tertiary alicyclic amines) is 1. The molecule has 1 aliphatic carbocycles. The quantitative estimate of drug-likeness (QED) is 0.507. The van der Waals surface area contributed by atoms with E-state index in [0.29, 0.717) is 12.8 Å². The van der Waals surface area contributed by atoms with E-state index in [1.165, 1.54) is 24.3 Å². The van der Waals surface area contributed by atoms with Gasteiger partial charge >= 0.3 is 0 Å². The number of Topliss-reactive ketones (excluding diaryl/α,β-unsaturated/α-hetero) is 1. The summed E-state index contributed by atoms with van der Waals surface area (Å²) in [6, 6.07) is 11.0. The number of ether oxygens (including phenoxy) is 1. The monoisotopic (exact) mass is 425 g/mol. The molecule has 2 aromatic carbocycles. The summed E-state index contributed by atoms with van der Waals surface area (Å²) in [6.45, 7) is 1.89. The number of unbranched alkanes of at least 4 members (excludes halogenated alkanes) is 1. The van der Waals surface area contributed by atoms with E-state index in [4.69, 9.17) is 4.74 Å². The maximum Gasteiger partial charge on any atom is 0.296 e. The lowest BCUT2D eigenvalue weighted by Gasteiger charge is -2.45. The Morgan fingerprint density at radius 3 is 2.29 bits per heavy atom. The Kier molecular flexibility index (Phi) is 3.99. The van der Waals surface area contributed by atoms with E-state index >= 15 is 0 Å². The average Bonchev–Trinajstić information content (AvgIpc) is 3.22. The molecule has 1 amide bonds. The summed E-state index contributed by atoms with van der Waals surface area (Å²) in [5, 5.41) is 34.7. The number of ketones is 1. The molecule has 2 aromatic rings. The van der Waals surface area contributed by atoms with Crippen molar-refractivity contribution in [3.8, 4) is 0 Å². The van der Waals surface area contributed by atoms with Crippen LogP contribution in [0.3, 0.4) is 0 Å². The fraction of sp³-hybridized carbons (Fsp3) is 0.304. The number of amides is 1. The first kappa shape index (κ1) is 19.9. The number of rotatable bonds is 4. The van der Waals surface area contributed by atoms with E-state index in [-0.39, 0.29) is 34.6 Å². The first-order valence-electron chi connectivity index (χ1n) is 10.0. The van der Waals surface area contributed by atoms with Gasteiger partial charge in [-0.3, -0.25) is 9.59 Å². The molecule has 3 N–H and O–H groups in total. The summed E-state index contributed by atoms with van der Waals surface area (Å²) < 4.78 is 19.4. The van der Waals surface area contributed by atoms with Crippen LogP contribution in [-0.2, 0) is 25.9 Å². The molecule has 2 heterocycles. The molecule has 0 radical (unpaired) electrons. The summed E-state index contributed by atoms with van der Waals surface area (Å²) in [7, 11) is 0. The molecule has 0 bridgehead atoms. The van der Waals surface area contributed by atoms with Crippen LogP contribution in [0, 0.1) is 5.82 Å². The molecule has 0 aromatic heterocycles. The van der Waals surface area contributed by atoms with Crippen LogP contribution in [-0.4, -0.2) is 44.0 Å². The smallest absolute Gasteiger partial charge is 0.296 e. The van der Waals surface area contributed by atoms with Crippen molar-refractivity contribution in [3.63, 3.8) is 0 Å². The van der Waals surface area contributed by atoms with E-state index in [9.17, 15) is 29.3 Å². The third kappa shape index (κ3) is 2.12. The number of carbonyl (C=O) groups excluding carboxylic acids is 2. The lowest BCUT2D eigenvalue weighted by molar-refractivity contribution is -0.312. The molecule has 1 fully saturated rings. The second-order valence-corrected chi connectivity index (χ2v) is 8.02. The topological polar surface area (TPSA) is 107 Å². The van der Waals surface area contributed by atoms with Gasteiger partial charge in [-0.05, 0) is 30.7 Å². The van der Waals surface area contributed by atoms with Crippen LogP contribution in [0.2, 0.25) is 0 Å². The Morgan fingerprint density at radius 2 is 1.65 bits per heavy atom. The summed E-state index contributed by atoms with van der Waals surface area (Å²) in [4.78, 5) is 27.3. The third-order valence-electron chi connectivity index (χ3n) is 6.41. The highest BCUT2D eigenvalue weighted by molar-refractivity contribution is 6.48. The summed E-state index contributed by atoms with van der Waals surface area (Å²) >= 11 is 0. The number of halogens is 1. The van der Waals surface area contributed by atoms with Gasteiger partial charge in [-0.2, -0.15) is 0 Å². The minimum atomic E-state index is -2.81. The van der Waals surface area contributed by atoms with Gasteiger partial charge in [0.2, 0.25) is 11.3 Å². The molecular weight excluding hydrogens is 405 g/mol. The second kappa shape index (κ2) is 6.23. The van der Waals surface area contributed by atoms with Gasteiger partial charge in [0, 0.05) is 23.2 Å². The first-order chi connectivity index (χ1) is 14.7. The van der Waals surface area contributed by atoms with Gasteiger partial charge < -0.3 is 25.0 Å². The number of fused-ring (bicyclic) bond motifs is 2. The van der Waals surface area contributed by atoms with Gasteiger partial charge in [-0.1, -0.05) is 37.6 Å². The minimum absolute atomic E-state index is 0.00377. The molecule has 31 heavy (non-hydrogen) atoms. The van der Waals surface area contributed by atoms with Crippen LogP contribution in [0.15, 0.2) is 54.1 Å². The SMILES string of the molecule is CCCCN1C(=O)C(=O)C2=C(c3ccc(F)cc3)O[C@]3(O)c4ccccc4C(O)(O)[C@@]213. The molecule has 1 saturated heterocycles. The largest absolute Gasteiger partial charge is 0.454 e. The standard InChI is InChI=1S/C23H20FNO6/c1-2-3-12-25-20(27)18(26)17-19(13-8-10-14(24)11-9-13)31-23(30)16-7-5-4-6-15(16)22(28,29)21(17,23)25/h4-11,28-30H,2-3,12H2,1H3/t21-,23-/m1/s1. The number of benzene rings is 2. The van der Waals surface area contributed by atoms with Crippen LogP contribution < -0.4 is 0 Å². The molecular formula is C23H20FNO6. The lowest BCUT2D eigenvalue weighted by atomic mass is 9.78. The van der Waals surface area contributed by atoms with Crippen molar-refractivity contribution in [3.05, 3.63) is 76.6 Å². The highest BCUT2D eigenvalue weighted by atomic mass is 19.1. The van der Waals surface area contributed by atoms with E-state index in [1.807, 2.05) is 6.92 Å². The molecule has 1 spiro atoms. The van der Waals surface area contributed by atoms with Gasteiger partial charge in [0.05, 0.1) is 5.57 Å². The van der Waals surface area contributed by atoms with Crippen molar-refractivity contribution in [2.24, 2.45) is 0 Å². The maximum absolute atomic E-state index is 13.5. The molecule has 0 unspecified atom stereocenters. The van der Waals surface area contributed by atoms with Crippen LogP contribution in [0.25, 0.3) is 5.76 Å². The predicted octanol–water partition coefficient (Wildman–Crippen LogP) is 1.51. The first-order valence-corrected chi connectivity index (χ1v) is 10.0. The van der Waals surface area contributed by atoms with Crippen LogP contribution in [0.1, 0.15) is 36.5 Å². The number of carbonyl (C=O) groups is 2. The highest BCUT2D eigenvalue weighted by Crippen LogP contribution is 2.67. The van der Waals surface area contributed by atoms with Gasteiger partial charge in [-0.25, -0.2) is 4.39 Å². The number of hydrogen-bond donors (Lipinski definition) is 3. The van der Waals surface area contributed by atoms with Crippen LogP contribution >= 0.6 is 0 Å². The fourth-order valence-corrected chi connectivity index (χ4v) is 5.09. The number of hydrogen-bond acceptors (Lipinski definition) is 6. The van der Waals surface area contributed by atoms with Gasteiger partial charge in [-0.15, -0.1) is 0 Å². The number of nitrogens with zero attached hydrogens (tertiary/aromatic N) is 1. The normalized spacial score (nSPS) is 28.0.